The summed E-state index contributed by atoms with van der Waals surface area (Å²) in [6.07, 6.45) is 2.50. The smallest absolute Gasteiger partial charge is 0.226 e. The second-order valence-electron chi connectivity index (χ2n) is 11.5. The minimum Gasteiger partial charge on any atom is -0.392 e. The van der Waals surface area contributed by atoms with Crippen molar-refractivity contribution in [1.29, 1.82) is 0 Å². The number of ether oxygens (including phenoxy) is 1. The number of aliphatic hydroxyl groups is 1. The van der Waals surface area contributed by atoms with E-state index in [0.717, 1.165) is 25.0 Å². The zero-order valence-corrected chi connectivity index (χ0v) is 22.0. The fourth-order valence-corrected chi connectivity index (χ4v) is 7.16. The number of hydrogen-bond donors (Lipinski definition) is 3. The third-order valence-electron chi connectivity index (χ3n) is 7.52. The van der Waals surface area contributed by atoms with Crippen LogP contribution in [0.4, 0.5) is 5.13 Å². The van der Waals surface area contributed by atoms with Crippen LogP contribution >= 0.6 is 11.3 Å². The van der Waals surface area contributed by atoms with Crippen LogP contribution in [0.15, 0.2) is 0 Å². The number of aromatic nitrogens is 1. The van der Waals surface area contributed by atoms with Crippen molar-refractivity contribution in [1.82, 2.24) is 10.3 Å². The van der Waals surface area contributed by atoms with Crippen LogP contribution in [0.2, 0.25) is 0 Å². The van der Waals surface area contributed by atoms with Crippen molar-refractivity contribution >= 4 is 28.3 Å². The number of methoxy groups -OCH3 is 1. The average molecular weight is 480 g/mol. The third-order valence-corrected chi connectivity index (χ3v) is 8.51. The van der Waals surface area contributed by atoms with Gasteiger partial charge >= 0.3 is 0 Å². The highest BCUT2D eigenvalue weighted by molar-refractivity contribution is 7.15. The topological polar surface area (TPSA) is 101 Å². The van der Waals surface area contributed by atoms with Crippen LogP contribution in [-0.2, 0) is 20.7 Å². The molecular formula is C25H41N3O4S. The molecule has 1 aromatic heterocycles. The fourth-order valence-electron chi connectivity index (χ4n) is 5.88. The van der Waals surface area contributed by atoms with Gasteiger partial charge < -0.3 is 20.5 Å². The van der Waals surface area contributed by atoms with Gasteiger partial charge in [0.05, 0.1) is 18.4 Å². The highest BCUT2D eigenvalue weighted by Crippen LogP contribution is 2.57. The first kappa shape index (κ1) is 26.1. The third kappa shape index (κ3) is 5.77. The van der Waals surface area contributed by atoms with E-state index in [1.165, 1.54) is 4.88 Å². The minimum absolute atomic E-state index is 0.0155. The summed E-state index contributed by atoms with van der Waals surface area (Å²) in [5.41, 5.74) is 0.862. The van der Waals surface area contributed by atoms with E-state index in [9.17, 15) is 14.7 Å². The second kappa shape index (κ2) is 10.0. The van der Waals surface area contributed by atoms with Gasteiger partial charge in [-0.25, -0.2) is 4.98 Å². The molecule has 1 fully saturated rings. The first-order chi connectivity index (χ1) is 15.4. The molecule has 6 atom stereocenters. The van der Waals surface area contributed by atoms with Crippen LogP contribution in [0.25, 0.3) is 0 Å². The molecule has 0 aliphatic heterocycles. The molecular weight excluding hydrogens is 438 g/mol. The number of carbonyl (C=O) groups excluding carboxylic acids is 2. The number of hydrogen-bond acceptors (Lipinski definition) is 6. The predicted molar refractivity (Wildman–Crippen MR) is 131 cm³/mol. The Morgan fingerprint density at radius 1 is 1.36 bits per heavy atom. The van der Waals surface area contributed by atoms with Crippen molar-refractivity contribution in [2.45, 2.75) is 79.2 Å². The number of anilines is 1. The van der Waals surface area contributed by atoms with Gasteiger partial charge in [0.15, 0.2) is 5.13 Å². The summed E-state index contributed by atoms with van der Waals surface area (Å²) in [4.78, 5) is 31.1. The number of rotatable bonds is 7. The maximum atomic E-state index is 12.7. The number of fused-ring (bicyclic) bond motifs is 2. The summed E-state index contributed by atoms with van der Waals surface area (Å²) in [5, 5.41) is 18.1. The molecule has 3 N–H and O–H groups in total. The second-order valence-corrected chi connectivity index (χ2v) is 12.6. The molecule has 33 heavy (non-hydrogen) atoms. The Kier molecular flexibility index (Phi) is 7.91. The lowest BCUT2D eigenvalue weighted by atomic mass is 9.53. The molecule has 1 aromatic rings. The summed E-state index contributed by atoms with van der Waals surface area (Å²) in [5.74, 6) is -0.306. The van der Waals surface area contributed by atoms with Crippen LogP contribution < -0.4 is 10.6 Å². The number of nitrogens with one attached hydrogen (secondary N) is 2. The van der Waals surface area contributed by atoms with E-state index in [1.54, 1.807) is 18.4 Å². The Bertz CT molecular complexity index is 864. The molecule has 1 heterocycles. The van der Waals surface area contributed by atoms with Crippen LogP contribution in [0, 0.1) is 28.6 Å². The van der Waals surface area contributed by atoms with Crippen molar-refractivity contribution in [2.24, 2.45) is 28.6 Å². The van der Waals surface area contributed by atoms with Gasteiger partial charge in [-0.1, -0.05) is 41.5 Å². The molecule has 0 spiro atoms. The molecule has 0 unspecified atom stereocenters. The molecule has 0 aromatic carbocycles. The summed E-state index contributed by atoms with van der Waals surface area (Å²) in [6, 6.07) is 0. The van der Waals surface area contributed by atoms with E-state index in [-0.39, 0.29) is 46.3 Å². The SMILES string of the molecule is COCCNC(=O)[C@@H](C)[C@H]1CC[C@]2(C)Cc3sc(NC(=O)CC(C)(C)C)nc3[C@@H](C)[C@@H]2[C@H]1O. The van der Waals surface area contributed by atoms with E-state index < -0.39 is 6.10 Å². The first-order valence-corrected chi connectivity index (χ1v) is 12.9. The molecule has 1 saturated carbocycles. The Morgan fingerprint density at radius 2 is 2.06 bits per heavy atom. The van der Waals surface area contributed by atoms with E-state index in [4.69, 9.17) is 9.72 Å². The Hall–Kier alpha value is -1.51. The summed E-state index contributed by atoms with van der Waals surface area (Å²) >= 11 is 1.57. The zero-order chi connectivity index (χ0) is 24.6. The van der Waals surface area contributed by atoms with E-state index in [1.807, 2.05) is 27.7 Å². The van der Waals surface area contributed by atoms with Gasteiger partial charge in [-0.2, -0.15) is 0 Å². The van der Waals surface area contributed by atoms with Gasteiger partial charge in [0.1, 0.15) is 0 Å². The minimum atomic E-state index is -0.573. The standard InChI is InChI=1S/C25H41N3O4S/c1-14(22(31)26-10-11-32-7)16-8-9-25(6)12-17-20(15(2)19(25)21(16)30)28-23(33-17)27-18(29)13-24(3,4)5/h14-16,19,21,30H,8-13H2,1-7H3,(H,26,31)(H,27,28,29)/t14-,15-,16+,19+,21-,25+/m0/s1. The van der Waals surface area contributed by atoms with Crippen molar-refractivity contribution in [3.05, 3.63) is 10.6 Å². The number of amides is 2. The lowest BCUT2D eigenvalue weighted by molar-refractivity contribution is -0.135. The predicted octanol–water partition coefficient (Wildman–Crippen LogP) is 3.97. The van der Waals surface area contributed by atoms with E-state index in [2.05, 4.69) is 24.5 Å². The molecule has 8 heteroatoms. The Labute approximate surface area is 202 Å². The van der Waals surface area contributed by atoms with Crippen molar-refractivity contribution in [3.8, 4) is 0 Å². The number of nitrogens with zero attached hydrogens (tertiary/aromatic N) is 1. The van der Waals surface area contributed by atoms with Crippen LogP contribution in [0.3, 0.4) is 0 Å². The van der Waals surface area contributed by atoms with Gasteiger partial charge in [0.2, 0.25) is 11.8 Å². The van der Waals surface area contributed by atoms with Gasteiger partial charge in [0.25, 0.3) is 0 Å². The van der Waals surface area contributed by atoms with E-state index >= 15 is 0 Å². The zero-order valence-electron chi connectivity index (χ0n) is 21.2. The quantitative estimate of drug-likeness (QED) is 0.514. The lowest BCUT2D eigenvalue weighted by Crippen LogP contribution is -2.53. The monoisotopic (exact) mass is 479 g/mol. The molecule has 0 radical (unpaired) electrons. The van der Waals surface area contributed by atoms with Gasteiger partial charge in [-0.15, -0.1) is 11.3 Å². The first-order valence-electron chi connectivity index (χ1n) is 12.1. The normalized spacial score (nSPS) is 30.2. The summed E-state index contributed by atoms with van der Waals surface area (Å²) in [7, 11) is 1.61. The molecule has 186 valence electrons. The maximum absolute atomic E-state index is 12.7. The molecule has 0 saturated heterocycles. The largest absolute Gasteiger partial charge is 0.392 e. The van der Waals surface area contributed by atoms with Gasteiger partial charge in [0, 0.05) is 36.8 Å². The van der Waals surface area contributed by atoms with Crippen LogP contribution in [0.5, 0.6) is 0 Å². The lowest BCUT2D eigenvalue weighted by Gasteiger charge is -2.53. The van der Waals surface area contributed by atoms with Crippen LogP contribution in [0.1, 0.15) is 77.3 Å². The average Bonchev–Trinajstić information content (AvgIpc) is 3.07. The molecule has 2 amide bonds. The highest BCUT2D eigenvalue weighted by atomic mass is 32.1. The molecule has 2 aliphatic carbocycles. The van der Waals surface area contributed by atoms with Gasteiger partial charge in [-0.05, 0) is 41.9 Å². The molecule has 7 nitrogen and oxygen atoms in total. The molecule has 3 rings (SSSR count). The van der Waals surface area contributed by atoms with Crippen LogP contribution in [-0.4, -0.2) is 48.3 Å². The Balaban J connectivity index is 1.76. The maximum Gasteiger partial charge on any atom is 0.226 e. The number of aliphatic hydroxyl groups excluding tert-OH is 1. The van der Waals surface area contributed by atoms with Gasteiger partial charge in [-0.3, -0.25) is 9.59 Å². The number of thiazole rings is 1. The van der Waals surface area contributed by atoms with Crippen molar-refractivity contribution in [3.63, 3.8) is 0 Å². The molecule has 0 bridgehead atoms. The summed E-state index contributed by atoms with van der Waals surface area (Å²) in [6.45, 7) is 13.4. The van der Waals surface area contributed by atoms with Crippen molar-refractivity contribution < 1.29 is 19.4 Å². The van der Waals surface area contributed by atoms with E-state index in [0.29, 0.717) is 24.7 Å². The molecule has 2 aliphatic rings. The highest BCUT2D eigenvalue weighted by Gasteiger charge is 2.53. The fraction of sp³-hybridized carbons (Fsp3) is 0.800. The van der Waals surface area contributed by atoms with Crippen molar-refractivity contribution in [2.75, 3.05) is 25.6 Å². The Morgan fingerprint density at radius 3 is 2.70 bits per heavy atom. The summed E-state index contributed by atoms with van der Waals surface area (Å²) < 4.78 is 5.02. The number of carbonyl (C=O) groups is 2.